The van der Waals surface area contributed by atoms with Crippen LogP contribution in [0.1, 0.15) is 43.0 Å². The molecule has 0 unspecified atom stereocenters. The Morgan fingerprint density at radius 2 is 1.74 bits per heavy atom. The van der Waals surface area contributed by atoms with E-state index < -0.39 is 29.6 Å². The molecule has 5 rings (SSSR count). The van der Waals surface area contributed by atoms with E-state index in [1.165, 1.54) is 24.1 Å². The fraction of sp³-hybridized carbons (Fsp3) is 0.129. The van der Waals surface area contributed by atoms with Crippen molar-refractivity contribution >= 4 is 51.5 Å². The third-order valence-electron chi connectivity index (χ3n) is 6.78. The molecule has 12 heteroatoms. The molecule has 43 heavy (non-hydrogen) atoms. The number of anilines is 2. The normalized spacial score (nSPS) is 11.6. The Labute approximate surface area is 250 Å². The van der Waals surface area contributed by atoms with Crippen molar-refractivity contribution in [2.45, 2.75) is 19.5 Å². The summed E-state index contributed by atoms with van der Waals surface area (Å²) in [7, 11) is 1.52. The van der Waals surface area contributed by atoms with Gasteiger partial charge in [-0.1, -0.05) is 30.3 Å². The summed E-state index contributed by atoms with van der Waals surface area (Å²) < 4.78 is 22.8. The summed E-state index contributed by atoms with van der Waals surface area (Å²) in [4.78, 5) is 46.1. The molecule has 218 valence electrons. The number of ether oxygens (including phenoxy) is 1. The molecule has 5 N–H and O–H groups in total. The number of carbonyl (C=O) groups is 3. The molecule has 10 nitrogen and oxygen atoms in total. The van der Waals surface area contributed by atoms with Crippen molar-refractivity contribution in [3.05, 3.63) is 112 Å². The molecule has 0 saturated carbocycles. The first kappa shape index (κ1) is 29.1. The molecular weight excluding hydrogens is 571 g/mol. The smallest absolute Gasteiger partial charge is 0.273 e. The minimum Gasteiger partial charge on any atom is -0.497 e. The van der Waals surface area contributed by atoms with E-state index in [4.69, 9.17) is 16.2 Å². The van der Waals surface area contributed by atoms with E-state index in [0.717, 1.165) is 11.1 Å². The Hall–Kier alpha value is -5.36. The number of benzene rings is 3. The first-order valence-corrected chi connectivity index (χ1v) is 13.9. The highest BCUT2D eigenvalue weighted by Gasteiger charge is 2.36. The van der Waals surface area contributed by atoms with Crippen LogP contribution >= 0.6 is 11.5 Å². The molecule has 0 fully saturated rings. The molecule has 0 aliphatic heterocycles. The standard InChI is InChI=1S/C31H27FN6O4S/c1-17-3-6-20-15-22(11-14-24(20)36-17)38(31(41)28-25(33)26(29(34)39)37-43-28)27(19-7-12-23(42-2)13-8-19)30(40)35-16-18-4-9-21(32)10-5-18/h3-15,27H,16,33H2,1-2H3,(H2,34,39)(H,35,40)/t27-/m0/s1. The lowest BCUT2D eigenvalue weighted by molar-refractivity contribution is -0.122. The van der Waals surface area contributed by atoms with E-state index in [2.05, 4.69) is 14.7 Å². The van der Waals surface area contributed by atoms with Crippen LogP contribution in [0.4, 0.5) is 15.8 Å². The average Bonchev–Trinajstić information content (AvgIpc) is 3.40. The summed E-state index contributed by atoms with van der Waals surface area (Å²) in [6.45, 7) is 1.94. The SMILES string of the molecule is COc1ccc([C@@H](C(=O)NCc2ccc(F)cc2)N(C(=O)c2snc(C(N)=O)c2N)c2ccc3nc(C)ccc3c2)cc1. The second-order valence-corrected chi connectivity index (χ2v) is 10.4. The number of rotatable bonds is 9. The van der Waals surface area contributed by atoms with Crippen LogP contribution in [-0.4, -0.2) is 34.2 Å². The van der Waals surface area contributed by atoms with Gasteiger partial charge in [0, 0.05) is 23.3 Å². The number of pyridine rings is 1. The van der Waals surface area contributed by atoms with Crippen molar-refractivity contribution in [2.75, 3.05) is 17.7 Å². The monoisotopic (exact) mass is 598 g/mol. The van der Waals surface area contributed by atoms with Crippen LogP contribution in [0.25, 0.3) is 10.9 Å². The lowest BCUT2D eigenvalue weighted by Crippen LogP contribution is -2.44. The molecule has 0 spiro atoms. The maximum Gasteiger partial charge on any atom is 0.273 e. The Kier molecular flexibility index (Phi) is 8.30. The Morgan fingerprint density at radius 1 is 1.02 bits per heavy atom. The van der Waals surface area contributed by atoms with Crippen LogP contribution < -0.4 is 26.4 Å². The number of amides is 3. The molecule has 0 saturated heterocycles. The minimum atomic E-state index is -1.21. The number of carbonyl (C=O) groups excluding carboxylic acids is 3. The topological polar surface area (TPSA) is 154 Å². The first-order valence-electron chi connectivity index (χ1n) is 13.1. The Balaban J connectivity index is 1.65. The van der Waals surface area contributed by atoms with Crippen LogP contribution in [0.15, 0.2) is 78.9 Å². The number of nitrogen functional groups attached to an aromatic ring is 1. The third kappa shape index (κ3) is 6.14. The van der Waals surface area contributed by atoms with Gasteiger partial charge in [0.05, 0.1) is 18.3 Å². The van der Waals surface area contributed by atoms with Gasteiger partial charge in [-0.25, -0.2) is 4.39 Å². The highest BCUT2D eigenvalue weighted by Crippen LogP contribution is 2.35. The van der Waals surface area contributed by atoms with E-state index in [1.54, 1.807) is 54.6 Å². The van der Waals surface area contributed by atoms with Gasteiger partial charge in [-0.3, -0.25) is 24.3 Å². The van der Waals surface area contributed by atoms with Crippen molar-refractivity contribution in [2.24, 2.45) is 5.73 Å². The lowest BCUT2D eigenvalue weighted by atomic mass is 10.0. The van der Waals surface area contributed by atoms with Crippen LogP contribution in [0.5, 0.6) is 5.75 Å². The summed E-state index contributed by atoms with van der Waals surface area (Å²) in [6, 6.07) is 20.1. The molecule has 2 heterocycles. The van der Waals surface area contributed by atoms with Gasteiger partial charge in [-0.2, -0.15) is 4.37 Å². The maximum atomic E-state index is 14.3. The summed E-state index contributed by atoms with van der Waals surface area (Å²) in [5.74, 6) is -1.92. The quantitative estimate of drug-likeness (QED) is 0.225. The zero-order valence-corrected chi connectivity index (χ0v) is 24.0. The number of aryl methyl sites for hydroxylation is 1. The highest BCUT2D eigenvalue weighted by molar-refractivity contribution is 7.09. The van der Waals surface area contributed by atoms with E-state index >= 15 is 0 Å². The summed E-state index contributed by atoms with van der Waals surface area (Å²) >= 11 is 0.717. The van der Waals surface area contributed by atoms with Crippen LogP contribution in [-0.2, 0) is 11.3 Å². The van der Waals surface area contributed by atoms with Crippen molar-refractivity contribution in [1.82, 2.24) is 14.7 Å². The number of nitrogens with zero attached hydrogens (tertiary/aromatic N) is 3. The molecule has 3 amide bonds. The number of primary amides is 1. The fourth-order valence-electron chi connectivity index (χ4n) is 4.58. The molecule has 0 aliphatic carbocycles. The molecule has 1 atom stereocenters. The Bertz CT molecular complexity index is 1830. The fourth-order valence-corrected chi connectivity index (χ4v) is 5.32. The van der Waals surface area contributed by atoms with Crippen molar-refractivity contribution < 1.29 is 23.5 Å². The Morgan fingerprint density at radius 3 is 2.40 bits per heavy atom. The van der Waals surface area contributed by atoms with Crippen molar-refractivity contribution in [1.29, 1.82) is 0 Å². The molecule has 0 radical (unpaired) electrons. The van der Waals surface area contributed by atoms with E-state index in [9.17, 15) is 18.8 Å². The number of nitrogens with two attached hydrogens (primary N) is 2. The van der Waals surface area contributed by atoms with Gasteiger partial charge in [0.1, 0.15) is 22.5 Å². The zero-order valence-electron chi connectivity index (χ0n) is 23.2. The van der Waals surface area contributed by atoms with Crippen molar-refractivity contribution in [3.63, 3.8) is 0 Å². The van der Waals surface area contributed by atoms with Gasteiger partial charge < -0.3 is 21.5 Å². The van der Waals surface area contributed by atoms with E-state index in [0.29, 0.717) is 39.6 Å². The molecule has 0 bridgehead atoms. The number of halogens is 1. The van der Waals surface area contributed by atoms with E-state index in [-0.39, 0.29) is 22.8 Å². The molecule has 5 aromatic rings. The summed E-state index contributed by atoms with van der Waals surface area (Å²) in [5.41, 5.74) is 14.2. The number of nitrogens with one attached hydrogen (secondary N) is 1. The highest BCUT2D eigenvalue weighted by atomic mass is 32.1. The van der Waals surface area contributed by atoms with Crippen LogP contribution in [0, 0.1) is 12.7 Å². The molecule has 0 aliphatic rings. The summed E-state index contributed by atoms with van der Waals surface area (Å²) in [6.07, 6.45) is 0. The third-order valence-corrected chi connectivity index (χ3v) is 7.63. The number of fused-ring (bicyclic) bond motifs is 1. The average molecular weight is 599 g/mol. The van der Waals surface area contributed by atoms with E-state index in [1.807, 2.05) is 19.1 Å². The predicted molar refractivity (Wildman–Crippen MR) is 162 cm³/mol. The zero-order chi connectivity index (χ0) is 30.7. The number of aromatic nitrogens is 2. The van der Waals surface area contributed by atoms with Crippen molar-refractivity contribution in [3.8, 4) is 5.75 Å². The van der Waals surface area contributed by atoms with Crippen LogP contribution in [0.3, 0.4) is 0 Å². The van der Waals surface area contributed by atoms with Gasteiger partial charge >= 0.3 is 0 Å². The number of hydrogen-bond acceptors (Lipinski definition) is 8. The molecule has 3 aromatic carbocycles. The number of methoxy groups -OCH3 is 1. The number of hydrogen-bond donors (Lipinski definition) is 3. The van der Waals surface area contributed by atoms with Gasteiger partial charge in [-0.05, 0) is 78.1 Å². The lowest BCUT2D eigenvalue weighted by Gasteiger charge is -2.31. The predicted octanol–water partition coefficient (Wildman–Crippen LogP) is 4.53. The summed E-state index contributed by atoms with van der Waals surface area (Å²) in [5, 5.41) is 3.60. The second kappa shape index (κ2) is 12.2. The first-order chi connectivity index (χ1) is 20.7. The maximum absolute atomic E-state index is 14.3. The van der Waals surface area contributed by atoms with Gasteiger partial charge in [0.15, 0.2) is 5.69 Å². The molecule has 2 aromatic heterocycles. The van der Waals surface area contributed by atoms with Gasteiger partial charge in [-0.15, -0.1) is 0 Å². The molecular formula is C31H27FN6O4S. The largest absolute Gasteiger partial charge is 0.497 e. The van der Waals surface area contributed by atoms with Gasteiger partial charge in [0.2, 0.25) is 5.91 Å². The van der Waals surface area contributed by atoms with Crippen LogP contribution in [0.2, 0.25) is 0 Å². The minimum absolute atomic E-state index is 0.0548. The second-order valence-electron chi connectivity index (χ2n) is 9.66. The van der Waals surface area contributed by atoms with Gasteiger partial charge in [0.25, 0.3) is 11.8 Å².